The lowest BCUT2D eigenvalue weighted by atomic mass is 9.99. The molecule has 0 saturated carbocycles. The number of aromatic nitrogens is 2. The van der Waals surface area contributed by atoms with Crippen LogP contribution in [0.4, 0.5) is 0 Å². The molecule has 0 spiro atoms. The monoisotopic (exact) mass is 505 g/mol. The number of carboxylic acid groups (broad SMARTS) is 2. The molecule has 2 N–H and O–H groups in total. The average Bonchev–Trinajstić information content (AvgIpc) is 3.38. The van der Waals surface area contributed by atoms with Gasteiger partial charge in [-0.15, -0.1) is 0 Å². The normalized spacial score (nSPS) is 13.5. The zero-order valence-electron chi connectivity index (χ0n) is 20.7. The summed E-state index contributed by atoms with van der Waals surface area (Å²) in [5.41, 5.74) is 10.1. The molecule has 6 rings (SSSR count). The average molecular weight is 506 g/mol. The Morgan fingerprint density at radius 3 is 2.13 bits per heavy atom. The van der Waals surface area contributed by atoms with Crippen molar-refractivity contribution in [3.05, 3.63) is 114 Å². The van der Waals surface area contributed by atoms with Crippen molar-refractivity contribution >= 4 is 34.1 Å². The maximum Gasteiger partial charge on any atom is 0.351 e. The van der Waals surface area contributed by atoms with Gasteiger partial charge in [-0.3, -0.25) is 4.90 Å². The number of carbonyl (C=O) groups is 2. The van der Waals surface area contributed by atoms with E-state index in [0.29, 0.717) is 0 Å². The summed E-state index contributed by atoms with van der Waals surface area (Å²) in [5, 5.41) is 16.3. The van der Waals surface area contributed by atoms with Gasteiger partial charge >= 0.3 is 5.97 Å². The van der Waals surface area contributed by atoms with Crippen LogP contribution in [0.2, 0.25) is 0 Å². The van der Waals surface area contributed by atoms with Gasteiger partial charge in [-0.1, -0.05) is 66.7 Å². The van der Waals surface area contributed by atoms with E-state index >= 15 is 0 Å². The van der Waals surface area contributed by atoms with E-state index in [-0.39, 0.29) is 0 Å². The third-order valence-electron chi connectivity index (χ3n) is 6.64. The van der Waals surface area contributed by atoms with Crippen molar-refractivity contribution in [1.29, 1.82) is 0 Å². The van der Waals surface area contributed by atoms with E-state index in [1.54, 1.807) is 0 Å². The molecule has 0 bridgehead atoms. The van der Waals surface area contributed by atoms with Crippen molar-refractivity contribution in [3.63, 3.8) is 0 Å². The topological polar surface area (TPSA) is 99.2 Å². The number of rotatable bonds is 4. The SMILES string of the molecule is C1=C(c2ccccc2)CCN(Cc2cc3c(-c4ccccc4)[nH+]c4ccccc4n3c2)C1.O=C([O-])C(=O)O. The first-order chi connectivity index (χ1) is 18.5. The number of hydrogen-bond donors (Lipinski definition) is 1. The van der Waals surface area contributed by atoms with Crippen molar-refractivity contribution in [3.8, 4) is 11.3 Å². The summed E-state index contributed by atoms with van der Waals surface area (Å²) in [7, 11) is 0. The van der Waals surface area contributed by atoms with Gasteiger partial charge in [0.05, 0.1) is 0 Å². The fraction of sp³-hybridized carbons (Fsp3) is 0.129. The van der Waals surface area contributed by atoms with E-state index in [1.807, 2.05) is 0 Å². The number of aliphatic carboxylic acids is 2. The summed E-state index contributed by atoms with van der Waals surface area (Å²) in [5.74, 6) is -4.01. The predicted molar refractivity (Wildman–Crippen MR) is 144 cm³/mol. The van der Waals surface area contributed by atoms with E-state index in [4.69, 9.17) is 19.8 Å². The highest BCUT2D eigenvalue weighted by molar-refractivity contribution is 6.26. The van der Waals surface area contributed by atoms with E-state index in [1.165, 1.54) is 39.0 Å². The number of hydrogen-bond acceptors (Lipinski definition) is 4. The number of fused-ring (bicyclic) bond motifs is 3. The van der Waals surface area contributed by atoms with Crippen LogP contribution in [-0.4, -0.2) is 39.4 Å². The molecule has 2 aromatic heterocycles. The fourth-order valence-corrected chi connectivity index (χ4v) is 4.84. The van der Waals surface area contributed by atoms with Crippen molar-refractivity contribution < 1.29 is 24.8 Å². The molecule has 0 atom stereocenters. The Hall–Kier alpha value is -4.75. The lowest BCUT2D eigenvalue weighted by Gasteiger charge is -2.26. The molecule has 0 saturated heterocycles. The summed E-state index contributed by atoms with van der Waals surface area (Å²) in [6, 6.07) is 32.3. The first-order valence-corrected chi connectivity index (χ1v) is 12.4. The molecule has 0 fully saturated rings. The van der Waals surface area contributed by atoms with Gasteiger partial charge in [0.15, 0.2) is 5.97 Å². The third-order valence-corrected chi connectivity index (χ3v) is 6.64. The maximum absolute atomic E-state index is 9.04. The van der Waals surface area contributed by atoms with E-state index in [2.05, 4.69) is 118 Å². The summed E-state index contributed by atoms with van der Waals surface area (Å²) in [6.45, 7) is 3.04. The van der Waals surface area contributed by atoms with Crippen LogP contribution >= 0.6 is 0 Å². The molecule has 38 heavy (non-hydrogen) atoms. The van der Waals surface area contributed by atoms with Crippen molar-refractivity contribution in [1.82, 2.24) is 9.30 Å². The zero-order chi connectivity index (χ0) is 26.5. The predicted octanol–water partition coefficient (Wildman–Crippen LogP) is 3.68. The molecule has 1 aliphatic heterocycles. The van der Waals surface area contributed by atoms with Crippen molar-refractivity contribution in [2.24, 2.45) is 0 Å². The highest BCUT2D eigenvalue weighted by Crippen LogP contribution is 2.27. The van der Waals surface area contributed by atoms with Crippen LogP contribution in [0.15, 0.2) is 103 Å². The summed E-state index contributed by atoms with van der Waals surface area (Å²) in [6.07, 6.45) is 5.81. The smallest absolute Gasteiger partial charge is 0.351 e. The number of aromatic amines is 1. The summed E-state index contributed by atoms with van der Waals surface area (Å²) >= 11 is 0. The van der Waals surface area contributed by atoms with Crippen LogP contribution in [0.1, 0.15) is 17.5 Å². The number of benzene rings is 3. The Balaban J connectivity index is 0.000000443. The number of carbonyl (C=O) groups excluding carboxylic acids is 1. The van der Waals surface area contributed by atoms with Gasteiger partial charge in [0, 0.05) is 37.5 Å². The molecule has 1 aliphatic rings. The Morgan fingerprint density at radius 1 is 0.868 bits per heavy atom. The van der Waals surface area contributed by atoms with Gasteiger partial charge in [-0.05, 0) is 47.4 Å². The molecule has 0 amide bonds. The van der Waals surface area contributed by atoms with Gasteiger partial charge in [0.2, 0.25) is 11.2 Å². The quantitative estimate of drug-likeness (QED) is 0.376. The molecule has 3 aromatic carbocycles. The van der Waals surface area contributed by atoms with Gasteiger partial charge in [0.25, 0.3) is 0 Å². The maximum atomic E-state index is 9.04. The summed E-state index contributed by atoms with van der Waals surface area (Å²) in [4.78, 5) is 24.2. The number of para-hydroxylation sites is 2. The Morgan fingerprint density at radius 2 is 1.50 bits per heavy atom. The van der Waals surface area contributed by atoms with E-state index in [9.17, 15) is 0 Å². The largest absolute Gasteiger partial charge is 0.539 e. The molecule has 0 radical (unpaired) electrons. The minimum atomic E-state index is -2.07. The highest BCUT2D eigenvalue weighted by Gasteiger charge is 2.19. The highest BCUT2D eigenvalue weighted by atomic mass is 16.4. The Bertz CT molecular complexity index is 1610. The van der Waals surface area contributed by atoms with E-state index < -0.39 is 11.9 Å². The Kier molecular flexibility index (Phi) is 7.28. The number of carboxylic acids is 2. The van der Waals surface area contributed by atoms with Gasteiger partial charge in [-0.2, -0.15) is 0 Å². The molecule has 0 unspecified atom stereocenters. The molecule has 3 heterocycles. The second kappa shape index (κ2) is 11.1. The van der Waals surface area contributed by atoms with Crippen molar-refractivity contribution in [2.45, 2.75) is 13.0 Å². The Labute approximate surface area is 219 Å². The van der Waals surface area contributed by atoms with Gasteiger partial charge in [0.1, 0.15) is 11.0 Å². The molecule has 190 valence electrons. The van der Waals surface area contributed by atoms with E-state index in [0.717, 1.165) is 31.6 Å². The zero-order valence-corrected chi connectivity index (χ0v) is 20.7. The van der Waals surface area contributed by atoms with Crippen LogP contribution in [-0.2, 0) is 16.1 Å². The first-order valence-electron chi connectivity index (χ1n) is 12.4. The van der Waals surface area contributed by atoms with Crippen LogP contribution in [0.25, 0.3) is 33.4 Å². The summed E-state index contributed by atoms with van der Waals surface area (Å²) < 4.78 is 2.35. The van der Waals surface area contributed by atoms with Crippen LogP contribution < -0.4 is 10.1 Å². The van der Waals surface area contributed by atoms with Crippen LogP contribution in [0.3, 0.4) is 0 Å². The second-order valence-corrected chi connectivity index (χ2v) is 9.16. The van der Waals surface area contributed by atoms with Gasteiger partial charge < -0.3 is 19.4 Å². The standard InChI is InChI=1S/C29H25N3.C2H2O4/c1-3-9-23(10-4-1)24-15-17-31(18-16-24)20-22-19-28-29(25-11-5-2-6-12-25)30-26-13-7-8-14-27(26)32(28)21-22;3-1(4)2(5)6/h1-15,19,21H,16-18,20H2;(H,3,4)(H,5,6). The number of H-pyrrole nitrogens is 1. The second-order valence-electron chi connectivity index (χ2n) is 9.16. The molecule has 7 nitrogen and oxygen atoms in total. The molecular weight excluding hydrogens is 478 g/mol. The molecule has 5 aromatic rings. The third kappa shape index (κ3) is 5.48. The number of nitrogens with one attached hydrogen (secondary N) is 1. The first kappa shape index (κ1) is 24.9. The fourth-order valence-electron chi connectivity index (χ4n) is 4.84. The minimum Gasteiger partial charge on any atom is -0.539 e. The minimum absolute atomic E-state index is 0.961. The van der Waals surface area contributed by atoms with Crippen LogP contribution in [0, 0.1) is 0 Å². The van der Waals surface area contributed by atoms with Gasteiger partial charge in [-0.25, -0.2) is 9.78 Å². The lowest BCUT2D eigenvalue weighted by molar-refractivity contribution is -0.330. The number of nitrogens with zero attached hydrogens (tertiary/aromatic N) is 2. The lowest BCUT2D eigenvalue weighted by Crippen LogP contribution is -2.30. The van der Waals surface area contributed by atoms with Crippen LogP contribution in [0.5, 0.6) is 0 Å². The molecule has 7 heteroatoms. The molecular formula is C31H27N3O4. The van der Waals surface area contributed by atoms with Crippen molar-refractivity contribution in [2.75, 3.05) is 13.1 Å². The molecule has 0 aliphatic carbocycles.